The van der Waals surface area contributed by atoms with E-state index in [2.05, 4.69) is 20.8 Å². The Morgan fingerprint density at radius 1 is 1.00 bits per heavy atom. The first-order chi connectivity index (χ1) is 6.55. The maximum atomic E-state index is 5.64. The van der Waals surface area contributed by atoms with Crippen molar-refractivity contribution in [1.82, 2.24) is 0 Å². The van der Waals surface area contributed by atoms with Gasteiger partial charge in [-0.05, 0) is 31.7 Å². The van der Waals surface area contributed by atoms with Crippen molar-refractivity contribution in [3.8, 4) is 0 Å². The first kappa shape index (κ1) is 14.1. The lowest BCUT2D eigenvalue weighted by atomic mass is 9.87. The molecule has 0 atom stereocenters. The third-order valence-corrected chi connectivity index (χ3v) is 4.89. The summed E-state index contributed by atoms with van der Waals surface area (Å²) in [6.07, 6.45) is 2.45. The van der Waals surface area contributed by atoms with E-state index < -0.39 is 9.28 Å². The van der Waals surface area contributed by atoms with Crippen molar-refractivity contribution < 1.29 is 8.85 Å². The second-order valence-corrected chi connectivity index (χ2v) is 6.50. The van der Waals surface area contributed by atoms with Crippen LogP contribution in [0.25, 0.3) is 0 Å². The van der Waals surface area contributed by atoms with Gasteiger partial charge >= 0.3 is 9.28 Å². The van der Waals surface area contributed by atoms with E-state index in [4.69, 9.17) is 8.85 Å². The third-order valence-electron chi connectivity index (χ3n) is 2.72. The molecule has 0 radical (unpaired) electrons. The summed E-state index contributed by atoms with van der Waals surface area (Å²) in [5.74, 6) is 0. The average molecular weight is 218 g/mol. The molecule has 0 aromatic carbocycles. The lowest BCUT2D eigenvalue weighted by molar-refractivity contribution is 0.205. The van der Waals surface area contributed by atoms with Crippen molar-refractivity contribution in [3.63, 3.8) is 0 Å². The minimum absolute atomic E-state index is 0.444. The highest BCUT2D eigenvalue weighted by atomic mass is 28.3. The van der Waals surface area contributed by atoms with Gasteiger partial charge in [-0.15, -0.1) is 0 Å². The minimum Gasteiger partial charge on any atom is -0.397 e. The Kier molecular flexibility index (Phi) is 7.50. The quantitative estimate of drug-likeness (QED) is 0.583. The van der Waals surface area contributed by atoms with E-state index in [1.807, 2.05) is 13.8 Å². The van der Waals surface area contributed by atoms with Crippen molar-refractivity contribution in [2.75, 3.05) is 13.2 Å². The summed E-state index contributed by atoms with van der Waals surface area (Å²) in [6, 6.07) is 1.14. The third kappa shape index (κ3) is 6.57. The van der Waals surface area contributed by atoms with E-state index in [0.717, 1.165) is 19.3 Å². The molecule has 0 bridgehead atoms. The van der Waals surface area contributed by atoms with Crippen LogP contribution < -0.4 is 0 Å². The molecule has 14 heavy (non-hydrogen) atoms. The molecular weight excluding hydrogens is 192 g/mol. The van der Waals surface area contributed by atoms with E-state index in [1.165, 1.54) is 12.8 Å². The van der Waals surface area contributed by atoms with Crippen LogP contribution in [-0.2, 0) is 8.85 Å². The highest BCUT2D eigenvalue weighted by Gasteiger charge is 2.20. The zero-order valence-corrected chi connectivity index (χ0v) is 11.6. The summed E-state index contributed by atoms with van der Waals surface area (Å²) in [6.45, 7) is 12.6. The molecule has 86 valence electrons. The molecule has 0 saturated heterocycles. The van der Waals surface area contributed by atoms with Crippen LogP contribution in [0.15, 0.2) is 0 Å². The molecule has 0 aromatic rings. The predicted molar refractivity (Wildman–Crippen MR) is 63.9 cm³/mol. The van der Waals surface area contributed by atoms with Gasteiger partial charge in [0.25, 0.3) is 0 Å². The Bertz CT molecular complexity index is 131. The van der Waals surface area contributed by atoms with Crippen molar-refractivity contribution >= 4 is 9.28 Å². The lowest BCUT2D eigenvalue weighted by Gasteiger charge is -2.24. The minimum atomic E-state index is -1.35. The predicted octanol–water partition coefficient (Wildman–Crippen LogP) is 3.11. The number of rotatable bonds is 8. The van der Waals surface area contributed by atoms with Gasteiger partial charge in [-0.3, -0.25) is 0 Å². The SMILES string of the molecule is CCO[SiH](CCC(C)(C)CC)OCC. The summed E-state index contributed by atoms with van der Waals surface area (Å²) < 4.78 is 11.3. The smallest absolute Gasteiger partial charge is 0.321 e. The Morgan fingerprint density at radius 3 is 1.86 bits per heavy atom. The van der Waals surface area contributed by atoms with Gasteiger partial charge in [0.1, 0.15) is 0 Å². The van der Waals surface area contributed by atoms with Gasteiger partial charge in [-0.25, -0.2) is 0 Å². The molecule has 0 heterocycles. The van der Waals surface area contributed by atoms with Gasteiger partial charge in [-0.2, -0.15) is 0 Å². The molecule has 0 aliphatic rings. The molecule has 3 heteroatoms. The van der Waals surface area contributed by atoms with Crippen molar-refractivity contribution in [2.45, 2.75) is 53.5 Å². The monoisotopic (exact) mass is 218 g/mol. The van der Waals surface area contributed by atoms with Crippen LogP contribution in [0, 0.1) is 5.41 Å². The highest BCUT2D eigenvalue weighted by molar-refractivity contribution is 6.44. The summed E-state index contributed by atoms with van der Waals surface area (Å²) in [4.78, 5) is 0. The van der Waals surface area contributed by atoms with Gasteiger partial charge in [0, 0.05) is 13.2 Å². The second kappa shape index (κ2) is 7.43. The fourth-order valence-corrected chi connectivity index (χ4v) is 3.46. The summed E-state index contributed by atoms with van der Waals surface area (Å²) >= 11 is 0. The number of hydrogen-bond acceptors (Lipinski definition) is 2. The second-order valence-electron chi connectivity index (χ2n) is 4.40. The zero-order valence-electron chi connectivity index (χ0n) is 10.4. The lowest BCUT2D eigenvalue weighted by Crippen LogP contribution is -2.25. The zero-order chi connectivity index (χ0) is 11.0. The maximum absolute atomic E-state index is 5.64. The Balaban J connectivity index is 3.80. The Morgan fingerprint density at radius 2 is 1.50 bits per heavy atom. The van der Waals surface area contributed by atoms with E-state index in [9.17, 15) is 0 Å². The molecule has 0 unspecified atom stereocenters. The van der Waals surface area contributed by atoms with E-state index in [0.29, 0.717) is 5.41 Å². The molecule has 0 rings (SSSR count). The maximum Gasteiger partial charge on any atom is 0.321 e. The molecule has 0 spiro atoms. The largest absolute Gasteiger partial charge is 0.397 e. The van der Waals surface area contributed by atoms with Gasteiger partial charge in [0.2, 0.25) is 0 Å². The molecular formula is C11H26O2Si. The van der Waals surface area contributed by atoms with Crippen LogP contribution >= 0.6 is 0 Å². The Labute approximate surface area is 90.8 Å². The molecule has 0 aliphatic heterocycles. The van der Waals surface area contributed by atoms with Crippen LogP contribution in [0.5, 0.6) is 0 Å². The van der Waals surface area contributed by atoms with Crippen LogP contribution in [0.2, 0.25) is 6.04 Å². The van der Waals surface area contributed by atoms with Gasteiger partial charge in [0.15, 0.2) is 0 Å². The molecule has 0 fully saturated rings. The van der Waals surface area contributed by atoms with E-state index in [1.54, 1.807) is 0 Å². The van der Waals surface area contributed by atoms with Crippen LogP contribution in [0.1, 0.15) is 47.5 Å². The summed E-state index contributed by atoms with van der Waals surface area (Å²) in [7, 11) is -1.35. The van der Waals surface area contributed by atoms with Crippen LogP contribution in [-0.4, -0.2) is 22.5 Å². The fourth-order valence-electron chi connectivity index (χ4n) is 1.27. The van der Waals surface area contributed by atoms with Crippen molar-refractivity contribution in [2.24, 2.45) is 5.41 Å². The van der Waals surface area contributed by atoms with Gasteiger partial charge in [-0.1, -0.05) is 27.2 Å². The first-order valence-corrected chi connectivity index (χ1v) is 7.54. The highest BCUT2D eigenvalue weighted by Crippen LogP contribution is 2.27. The molecule has 0 amide bonds. The average Bonchev–Trinajstić information content (AvgIpc) is 2.15. The van der Waals surface area contributed by atoms with Gasteiger partial charge in [0.05, 0.1) is 0 Å². The first-order valence-electron chi connectivity index (χ1n) is 5.79. The van der Waals surface area contributed by atoms with Crippen molar-refractivity contribution in [3.05, 3.63) is 0 Å². The summed E-state index contributed by atoms with van der Waals surface area (Å²) in [5.41, 5.74) is 0.444. The van der Waals surface area contributed by atoms with Crippen LogP contribution in [0.3, 0.4) is 0 Å². The Hall–Kier alpha value is 0.137. The van der Waals surface area contributed by atoms with E-state index in [-0.39, 0.29) is 0 Å². The standard InChI is InChI=1S/C11H26O2Si/c1-6-11(4,5)9-10-14(12-7-2)13-8-3/h14H,6-10H2,1-5H3. The topological polar surface area (TPSA) is 18.5 Å². The van der Waals surface area contributed by atoms with Crippen LogP contribution in [0.4, 0.5) is 0 Å². The molecule has 0 aliphatic carbocycles. The molecule has 2 nitrogen and oxygen atoms in total. The summed E-state index contributed by atoms with van der Waals surface area (Å²) in [5, 5.41) is 0. The van der Waals surface area contributed by atoms with Crippen molar-refractivity contribution in [1.29, 1.82) is 0 Å². The molecule has 0 aromatic heterocycles. The van der Waals surface area contributed by atoms with E-state index >= 15 is 0 Å². The van der Waals surface area contributed by atoms with Gasteiger partial charge < -0.3 is 8.85 Å². The normalized spacial score (nSPS) is 12.4. The fraction of sp³-hybridized carbons (Fsp3) is 1.00. The molecule has 0 N–H and O–H groups in total. The molecule has 0 saturated carbocycles. The number of hydrogen-bond donors (Lipinski definition) is 0.